The zero-order valence-electron chi connectivity index (χ0n) is 15.3. The molecule has 29 heavy (non-hydrogen) atoms. The SMILES string of the molecule is O=C(CNS(=O)(=O)c1ccc(Cl)cc1)Nc1ccc(OCc2ccccc2)cc1. The molecule has 0 saturated carbocycles. The predicted molar refractivity (Wildman–Crippen MR) is 112 cm³/mol. The second-order valence-corrected chi connectivity index (χ2v) is 8.33. The van der Waals surface area contributed by atoms with Crippen molar-refractivity contribution < 1.29 is 17.9 Å². The molecular weight excluding hydrogens is 412 g/mol. The lowest BCUT2D eigenvalue weighted by Gasteiger charge is -2.09. The van der Waals surface area contributed by atoms with Crippen molar-refractivity contribution in [3.8, 4) is 5.75 Å². The molecule has 3 aromatic rings. The molecule has 150 valence electrons. The summed E-state index contributed by atoms with van der Waals surface area (Å²) < 4.78 is 32.3. The quantitative estimate of drug-likeness (QED) is 0.568. The Morgan fingerprint density at radius 3 is 2.21 bits per heavy atom. The molecule has 0 spiro atoms. The minimum absolute atomic E-state index is 0.0367. The van der Waals surface area contributed by atoms with Gasteiger partial charge in [-0.3, -0.25) is 4.79 Å². The zero-order valence-corrected chi connectivity index (χ0v) is 16.9. The summed E-state index contributed by atoms with van der Waals surface area (Å²) in [5, 5.41) is 3.06. The number of anilines is 1. The van der Waals surface area contributed by atoms with Gasteiger partial charge in [0.25, 0.3) is 0 Å². The van der Waals surface area contributed by atoms with Gasteiger partial charge in [0.1, 0.15) is 12.4 Å². The van der Waals surface area contributed by atoms with E-state index in [1.165, 1.54) is 24.3 Å². The Morgan fingerprint density at radius 1 is 0.897 bits per heavy atom. The molecule has 0 aliphatic rings. The van der Waals surface area contributed by atoms with Crippen LogP contribution in [-0.2, 0) is 21.4 Å². The molecule has 0 bridgehead atoms. The minimum Gasteiger partial charge on any atom is -0.489 e. The fraction of sp³-hybridized carbons (Fsp3) is 0.0952. The lowest BCUT2D eigenvalue weighted by atomic mass is 10.2. The van der Waals surface area contributed by atoms with E-state index in [9.17, 15) is 13.2 Å². The van der Waals surface area contributed by atoms with Crippen LogP contribution in [0, 0.1) is 0 Å². The second-order valence-electron chi connectivity index (χ2n) is 6.13. The van der Waals surface area contributed by atoms with Gasteiger partial charge in [-0.2, -0.15) is 0 Å². The molecule has 0 heterocycles. The van der Waals surface area contributed by atoms with Crippen LogP contribution in [0.15, 0.2) is 83.8 Å². The molecule has 3 rings (SSSR count). The summed E-state index contributed by atoms with van der Waals surface area (Å²) in [5.74, 6) is 0.177. The fourth-order valence-electron chi connectivity index (χ4n) is 2.44. The highest BCUT2D eigenvalue weighted by atomic mass is 35.5. The number of halogens is 1. The number of sulfonamides is 1. The third-order valence-corrected chi connectivity index (χ3v) is 5.60. The van der Waals surface area contributed by atoms with Crippen LogP contribution >= 0.6 is 11.6 Å². The van der Waals surface area contributed by atoms with E-state index < -0.39 is 22.5 Å². The van der Waals surface area contributed by atoms with Crippen LogP contribution in [0.4, 0.5) is 5.69 Å². The van der Waals surface area contributed by atoms with Crippen molar-refractivity contribution in [2.75, 3.05) is 11.9 Å². The number of carbonyl (C=O) groups is 1. The highest BCUT2D eigenvalue weighted by molar-refractivity contribution is 7.89. The van der Waals surface area contributed by atoms with Gasteiger partial charge in [-0.05, 0) is 54.1 Å². The van der Waals surface area contributed by atoms with Gasteiger partial charge in [0.2, 0.25) is 15.9 Å². The van der Waals surface area contributed by atoms with Crippen molar-refractivity contribution in [3.05, 3.63) is 89.4 Å². The van der Waals surface area contributed by atoms with Gasteiger partial charge in [0, 0.05) is 10.7 Å². The van der Waals surface area contributed by atoms with Crippen LogP contribution in [0.2, 0.25) is 5.02 Å². The summed E-state index contributed by atoms with van der Waals surface area (Å²) in [6.07, 6.45) is 0. The summed E-state index contributed by atoms with van der Waals surface area (Å²) >= 11 is 5.75. The third-order valence-electron chi connectivity index (χ3n) is 3.93. The van der Waals surface area contributed by atoms with Gasteiger partial charge < -0.3 is 10.1 Å². The van der Waals surface area contributed by atoms with Crippen LogP contribution in [0.5, 0.6) is 5.75 Å². The number of nitrogens with one attached hydrogen (secondary N) is 2. The smallest absolute Gasteiger partial charge is 0.241 e. The highest BCUT2D eigenvalue weighted by Gasteiger charge is 2.15. The Morgan fingerprint density at radius 2 is 1.55 bits per heavy atom. The van der Waals surface area contributed by atoms with Gasteiger partial charge in [0.15, 0.2) is 0 Å². The van der Waals surface area contributed by atoms with Gasteiger partial charge in [-0.1, -0.05) is 41.9 Å². The Balaban J connectivity index is 1.49. The molecule has 0 unspecified atom stereocenters. The highest BCUT2D eigenvalue weighted by Crippen LogP contribution is 2.17. The van der Waals surface area contributed by atoms with Crippen molar-refractivity contribution in [2.24, 2.45) is 0 Å². The van der Waals surface area contributed by atoms with E-state index in [1.807, 2.05) is 30.3 Å². The zero-order chi connectivity index (χ0) is 20.7. The average Bonchev–Trinajstić information content (AvgIpc) is 2.73. The van der Waals surface area contributed by atoms with Crippen LogP contribution in [0.3, 0.4) is 0 Å². The molecule has 0 atom stereocenters. The minimum atomic E-state index is -3.79. The fourth-order valence-corrected chi connectivity index (χ4v) is 3.55. The summed E-state index contributed by atoms with van der Waals surface area (Å²) in [5.41, 5.74) is 1.59. The number of benzene rings is 3. The Bertz CT molecular complexity index is 1050. The maximum atomic E-state index is 12.2. The molecule has 0 fully saturated rings. The molecule has 3 aromatic carbocycles. The van der Waals surface area contributed by atoms with Crippen LogP contribution in [0.25, 0.3) is 0 Å². The third kappa shape index (κ3) is 6.32. The van der Waals surface area contributed by atoms with Crippen molar-refractivity contribution in [3.63, 3.8) is 0 Å². The van der Waals surface area contributed by atoms with E-state index in [0.717, 1.165) is 5.56 Å². The number of amides is 1. The number of hydrogen-bond acceptors (Lipinski definition) is 4. The first-order valence-corrected chi connectivity index (χ1v) is 10.6. The molecular formula is C21H19ClN2O4S. The number of carbonyl (C=O) groups excluding carboxylic acids is 1. The first-order chi connectivity index (χ1) is 13.9. The topological polar surface area (TPSA) is 84.5 Å². The summed E-state index contributed by atoms with van der Waals surface area (Å²) in [6, 6.07) is 22.3. The molecule has 1 amide bonds. The standard InChI is InChI=1S/C21H19ClN2O4S/c22-17-6-12-20(13-7-17)29(26,27)23-14-21(25)24-18-8-10-19(11-9-18)28-15-16-4-2-1-3-5-16/h1-13,23H,14-15H2,(H,24,25). The van der Waals surface area contributed by atoms with E-state index >= 15 is 0 Å². The molecule has 6 nitrogen and oxygen atoms in total. The van der Waals surface area contributed by atoms with Crippen LogP contribution < -0.4 is 14.8 Å². The Hall–Kier alpha value is -2.87. The summed E-state index contributed by atoms with van der Waals surface area (Å²) in [4.78, 5) is 12.1. The monoisotopic (exact) mass is 430 g/mol. The lowest BCUT2D eigenvalue weighted by molar-refractivity contribution is -0.115. The first-order valence-electron chi connectivity index (χ1n) is 8.74. The maximum absolute atomic E-state index is 12.2. The number of ether oxygens (including phenoxy) is 1. The maximum Gasteiger partial charge on any atom is 0.241 e. The molecule has 0 aliphatic carbocycles. The molecule has 0 saturated heterocycles. The van der Waals surface area contributed by atoms with E-state index in [1.54, 1.807) is 24.3 Å². The van der Waals surface area contributed by atoms with Crippen molar-refractivity contribution in [1.29, 1.82) is 0 Å². The molecule has 2 N–H and O–H groups in total. The lowest BCUT2D eigenvalue weighted by Crippen LogP contribution is -2.32. The van der Waals surface area contributed by atoms with Crippen molar-refractivity contribution in [1.82, 2.24) is 4.72 Å². The molecule has 0 aliphatic heterocycles. The average molecular weight is 431 g/mol. The van der Waals surface area contributed by atoms with E-state index in [0.29, 0.717) is 23.1 Å². The largest absolute Gasteiger partial charge is 0.489 e. The molecule has 8 heteroatoms. The first kappa shape index (κ1) is 20.9. The van der Waals surface area contributed by atoms with Crippen LogP contribution in [-0.4, -0.2) is 20.9 Å². The summed E-state index contributed by atoms with van der Waals surface area (Å²) in [6.45, 7) is 0.0518. The molecule has 0 radical (unpaired) electrons. The van der Waals surface area contributed by atoms with Crippen molar-refractivity contribution >= 4 is 33.2 Å². The summed E-state index contributed by atoms with van der Waals surface area (Å²) in [7, 11) is -3.79. The van der Waals surface area contributed by atoms with E-state index in [2.05, 4.69) is 10.0 Å². The van der Waals surface area contributed by atoms with Gasteiger partial charge in [-0.15, -0.1) is 0 Å². The normalized spacial score (nSPS) is 11.1. The van der Waals surface area contributed by atoms with Crippen molar-refractivity contribution in [2.45, 2.75) is 11.5 Å². The van der Waals surface area contributed by atoms with Gasteiger partial charge in [-0.25, -0.2) is 13.1 Å². The Labute approximate surface area is 174 Å². The number of hydrogen-bond donors (Lipinski definition) is 2. The second kappa shape index (κ2) is 9.56. The predicted octanol–water partition coefficient (Wildman–Crippen LogP) is 3.84. The van der Waals surface area contributed by atoms with E-state index in [-0.39, 0.29) is 4.90 Å². The molecule has 0 aromatic heterocycles. The van der Waals surface area contributed by atoms with E-state index in [4.69, 9.17) is 16.3 Å². The van der Waals surface area contributed by atoms with Gasteiger partial charge >= 0.3 is 0 Å². The van der Waals surface area contributed by atoms with Gasteiger partial charge in [0.05, 0.1) is 11.4 Å². The van der Waals surface area contributed by atoms with Crippen LogP contribution in [0.1, 0.15) is 5.56 Å². The Kier molecular flexibility index (Phi) is 6.87. The number of rotatable bonds is 8.